The number of rotatable bonds is 4. The Bertz CT molecular complexity index is 551. The summed E-state index contributed by atoms with van der Waals surface area (Å²) in [6.07, 6.45) is 0. The molecule has 0 atom stereocenters. The lowest BCUT2D eigenvalue weighted by Gasteiger charge is -2.13. The minimum atomic E-state index is -4.02. The summed E-state index contributed by atoms with van der Waals surface area (Å²) in [6, 6.07) is 0. The molecule has 0 aliphatic heterocycles. The zero-order valence-electron chi connectivity index (χ0n) is 10.7. The molecule has 1 rings (SSSR count). The smallest absolute Gasteiger partial charge is 0.275 e. The van der Waals surface area contributed by atoms with Gasteiger partial charge in [0.25, 0.3) is 15.0 Å². The molecule has 1 N–H and O–H groups in total. The van der Waals surface area contributed by atoms with Crippen molar-refractivity contribution in [3.8, 4) is 0 Å². The average Bonchev–Trinajstić information content (AvgIpc) is 2.71. The lowest BCUT2D eigenvalue weighted by molar-refractivity contribution is 0.0793. The second kappa shape index (κ2) is 5.27. The van der Waals surface area contributed by atoms with Crippen LogP contribution in [0.15, 0.2) is 4.90 Å². The fourth-order valence-electron chi connectivity index (χ4n) is 1.45. The lowest BCUT2D eigenvalue weighted by atomic mass is 10.1. The van der Waals surface area contributed by atoms with E-state index in [9.17, 15) is 13.2 Å². The normalized spacial score (nSPS) is 11.9. The van der Waals surface area contributed by atoms with Gasteiger partial charge in [-0.05, 0) is 12.8 Å². The summed E-state index contributed by atoms with van der Waals surface area (Å²) in [5.74, 6) is -0.602. The number of nitrogens with zero attached hydrogens (tertiary/aromatic N) is 2. The highest BCUT2D eigenvalue weighted by Gasteiger charge is 2.30. The summed E-state index contributed by atoms with van der Waals surface area (Å²) in [5, 5.41) is 6.37. The van der Waals surface area contributed by atoms with E-state index in [1.807, 2.05) is 0 Å². The van der Waals surface area contributed by atoms with Crippen molar-refractivity contribution in [2.75, 3.05) is 13.6 Å². The van der Waals surface area contributed by atoms with Crippen molar-refractivity contribution >= 4 is 25.6 Å². The molecule has 18 heavy (non-hydrogen) atoms. The van der Waals surface area contributed by atoms with Crippen molar-refractivity contribution < 1.29 is 13.2 Å². The van der Waals surface area contributed by atoms with Gasteiger partial charge in [-0.25, -0.2) is 8.42 Å². The number of nitrogens with one attached hydrogen (secondary N) is 1. The maximum absolute atomic E-state index is 12.0. The molecule has 1 amide bonds. The first-order valence-electron chi connectivity index (χ1n) is 5.48. The van der Waals surface area contributed by atoms with Gasteiger partial charge >= 0.3 is 0 Å². The van der Waals surface area contributed by atoms with E-state index in [2.05, 4.69) is 10.2 Å². The van der Waals surface area contributed by atoms with Crippen LogP contribution in [-0.4, -0.2) is 43.0 Å². The first-order chi connectivity index (χ1) is 8.20. The van der Waals surface area contributed by atoms with Crippen LogP contribution in [0.2, 0.25) is 0 Å². The number of H-pyrrole nitrogens is 1. The summed E-state index contributed by atoms with van der Waals surface area (Å²) >= 11 is 0. The second-order valence-corrected chi connectivity index (χ2v) is 6.73. The van der Waals surface area contributed by atoms with Gasteiger partial charge in [0, 0.05) is 24.3 Å². The molecule has 1 aromatic rings. The fourth-order valence-corrected chi connectivity index (χ4v) is 2.83. The molecule has 0 spiro atoms. The number of aromatic amines is 1. The van der Waals surface area contributed by atoms with Crippen molar-refractivity contribution in [1.82, 2.24) is 15.1 Å². The van der Waals surface area contributed by atoms with E-state index in [0.29, 0.717) is 12.2 Å². The SMILES string of the molecule is CCN(C)C(=O)c1n[nH]c(C(C)C)c1S(=O)(=O)Cl. The third-order valence-corrected chi connectivity index (χ3v) is 3.96. The molecule has 0 unspecified atom stereocenters. The zero-order valence-corrected chi connectivity index (χ0v) is 12.3. The van der Waals surface area contributed by atoms with Gasteiger partial charge in [0.05, 0.1) is 5.69 Å². The van der Waals surface area contributed by atoms with Crippen LogP contribution in [0.5, 0.6) is 0 Å². The Kier molecular flexibility index (Phi) is 4.39. The van der Waals surface area contributed by atoms with Gasteiger partial charge in [-0.15, -0.1) is 0 Å². The average molecular weight is 294 g/mol. The largest absolute Gasteiger partial charge is 0.341 e. The molecule has 1 heterocycles. The molecule has 0 saturated heterocycles. The fraction of sp³-hybridized carbons (Fsp3) is 0.600. The van der Waals surface area contributed by atoms with Crippen LogP contribution >= 0.6 is 10.7 Å². The highest BCUT2D eigenvalue weighted by molar-refractivity contribution is 8.13. The topological polar surface area (TPSA) is 83.1 Å². The van der Waals surface area contributed by atoms with E-state index >= 15 is 0 Å². The standard InChI is InChI=1S/C10H16ClN3O3S/c1-5-14(4)10(15)8-9(18(11,16)17)7(6(2)3)12-13-8/h6H,5H2,1-4H3,(H,12,13). The summed E-state index contributed by atoms with van der Waals surface area (Å²) in [7, 11) is 2.93. The zero-order chi connectivity index (χ0) is 14.1. The Labute approximate surface area is 111 Å². The predicted molar refractivity (Wildman–Crippen MR) is 68.4 cm³/mol. The predicted octanol–water partition coefficient (Wildman–Crippen LogP) is 1.55. The highest BCUT2D eigenvalue weighted by Crippen LogP contribution is 2.28. The molecular weight excluding hydrogens is 278 g/mol. The molecule has 8 heteroatoms. The molecule has 1 aromatic heterocycles. The Morgan fingerprint density at radius 2 is 2.06 bits per heavy atom. The van der Waals surface area contributed by atoms with Gasteiger partial charge in [0.1, 0.15) is 4.90 Å². The number of halogens is 1. The van der Waals surface area contributed by atoms with Crippen LogP contribution in [0.3, 0.4) is 0 Å². The second-order valence-electron chi connectivity index (χ2n) is 4.23. The minimum Gasteiger partial charge on any atom is -0.341 e. The van der Waals surface area contributed by atoms with Crippen molar-refractivity contribution in [1.29, 1.82) is 0 Å². The molecule has 0 aliphatic carbocycles. The Morgan fingerprint density at radius 1 is 1.50 bits per heavy atom. The van der Waals surface area contributed by atoms with Gasteiger partial charge in [-0.2, -0.15) is 5.10 Å². The number of amides is 1. The number of carbonyl (C=O) groups is 1. The van der Waals surface area contributed by atoms with Crippen molar-refractivity contribution in [3.63, 3.8) is 0 Å². The maximum Gasteiger partial charge on any atom is 0.275 e. The monoisotopic (exact) mass is 293 g/mol. The third-order valence-electron chi connectivity index (χ3n) is 2.59. The first kappa shape index (κ1) is 15.0. The van der Waals surface area contributed by atoms with Gasteiger partial charge in [0.2, 0.25) is 0 Å². The quantitative estimate of drug-likeness (QED) is 0.854. The number of aromatic nitrogens is 2. The van der Waals surface area contributed by atoms with Crippen molar-refractivity contribution in [3.05, 3.63) is 11.4 Å². The Hall–Kier alpha value is -1.08. The van der Waals surface area contributed by atoms with E-state index in [1.165, 1.54) is 4.90 Å². The van der Waals surface area contributed by atoms with Crippen molar-refractivity contribution in [2.24, 2.45) is 0 Å². The van der Waals surface area contributed by atoms with Gasteiger partial charge in [-0.3, -0.25) is 9.89 Å². The van der Waals surface area contributed by atoms with Crippen LogP contribution in [-0.2, 0) is 9.05 Å². The molecule has 102 valence electrons. The molecule has 0 fully saturated rings. The van der Waals surface area contributed by atoms with Gasteiger partial charge in [0.15, 0.2) is 5.69 Å². The summed E-state index contributed by atoms with van der Waals surface area (Å²) in [4.78, 5) is 13.1. The summed E-state index contributed by atoms with van der Waals surface area (Å²) < 4.78 is 23.2. The molecule has 0 aliphatic rings. The Balaban J connectivity index is 3.44. The van der Waals surface area contributed by atoms with Crippen LogP contribution in [0, 0.1) is 0 Å². The minimum absolute atomic E-state index is 0.130. The van der Waals surface area contributed by atoms with Crippen molar-refractivity contribution in [2.45, 2.75) is 31.6 Å². The van der Waals surface area contributed by atoms with Crippen LogP contribution in [0.1, 0.15) is 42.9 Å². The molecule has 0 saturated carbocycles. The molecule has 0 bridgehead atoms. The Morgan fingerprint density at radius 3 is 2.44 bits per heavy atom. The maximum atomic E-state index is 12.0. The number of carbonyl (C=O) groups excluding carboxylic acids is 1. The number of hydrogen-bond donors (Lipinski definition) is 1. The molecule has 0 aromatic carbocycles. The van der Waals surface area contributed by atoms with E-state index in [4.69, 9.17) is 10.7 Å². The van der Waals surface area contributed by atoms with E-state index in [-0.39, 0.29) is 16.5 Å². The highest BCUT2D eigenvalue weighted by atomic mass is 35.7. The molecular formula is C10H16ClN3O3S. The first-order valence-corrected chi connectivity index (χ1v) is 7.79. The van der Waals surface area contributed by atoms with Crippen LogP contribution < -0.4 is 0 Å². The molecule has 6 nitrogen and oxygen atoms in total. The van der Waals surface area contributed by atoms with Gasteiger partial charge in [-0.1, -0.05) is 13.8 Å². The van der Waals surface area contributed by atoms with Crippen LogP contribution in [0.25, 0.3) is 0 Å². The van der Waals surface area contributed by atoms with Gasteiger partial charge < -0.3 is 4.90 Å². The summed E-state index contributed by atoms with van der Waals surface area (Å²) in [6.45, 7) is 5.81. The summed E-state index contributed by atoms with van der Waals surface area (Å²) in [5.41, 5.74) is 0.191. The van der Waals surface area contributed by atoms with E-state index < -0.39 is 15.0 Å². The van der Waals surface area contributed by atoms with E-state index in [1.54, 1.807) is 27.8 Å². The van der Waals surface area contributed by atoms with Crippen LogP contribution in [0.4, 0.5) is 0 Å². The lowest BCUT2D eigenvalue weighted by Crippen LogP contribution is -2.27. The number of hydrogen-bond acceptors (Lipinski definition) is 4. The third kappa shape index (κ3) is 2.84. The molecule has 0 radical (unpaired) electrons. The van der Waals surface area contributed by atoms with E-state index in [0.717, 1.165) is 0 Å².